The Morgan fingerprint density at radius 3 is 2.56 bits per heavy atom. The van der Waals surface area contributed by atoms with Crippen LogP contribution >= 0.6 is 11.3 Å². The van der Waals surface area contributed by atoms with Gasteiger partial charge in [-0.15, -0.1) is 11.3 Å². The number of carboxylic acid groups (broad SMARTS) is 1. The Bertz CT molecular complexity index is 1560. The number of hydrogen-bond acceptors (Lipinski definition) is 8. The normalized spacial score (nSPS) is 12.9. The van der Waals surface area contributed by atoms with Crippen molar-refractivity contribution in [1.82, 2.24) is 19.9 Å². The fourth-order valence-electron chi connectivity index (χ4n) is 4.12. The Labute approximate surface area is 240 Å². The predicted molar refractivity (Wildman–Crippen MR) is 151 cm³/mol. The maximum atomic E-state index is 13.4. The lowest BCUT2D eigenvalue weighted by Crippen LogP contribution is -2.42. The average molecular weight is 601 g/mol. The molecule has 2 aromatic heterocycles. The Hall–Kier alpha value is -4.10. The standard InChI is InChI=1S/C28H29FN4O6S2/c1-41(37,38)15-10-24(28(35)36)32-26(34)23-16-22(9-6-20(23)5-2-19-3-7-21(29)8-4-19)39-25(27-31-12-14-40-27)17-33-13-11-30-18-33/h3-4,6-9,11-14,16,18,24-25H,2,5,10,15,17H2,1H3,(H,32,34)(H,35,36). The summed E-state index contributed by atoms with van der Waals surface area (Å²) >= 11 is 1.42. The van der Waals surface area contributed by atoms with Gasteiger partial charge in [0.15, 0.2) is 6.10 Å². The smallest absolute Gasteiger partial charge is 0.326 e. The van der Waals surface area contributed by atoms with Crippen LogP contribution in [0, 0.1) is 5.82 Å². The van der Waals surface area contributed by atoms with Crippen LogP contribution < -0.4 is 10.1 Å². The maximum absolute atomic E-state index is 13.4. The first-order chi connectivity index (χ1) is 19.6. The van der Waals surface area contributed by atoms with Crippen LogP contribution in [0.2, 0.25) is 0 Å². The molecule has 1 amide bonds. The van der Waals surface area contributed by atoms with Crippen molar-refractivity contribution in [2.45, 2.75) is 38.0 Å². The Morgan fingerprint density at radius 1 is 1.15 bits per heavy atom. The van der Waals surface area contributed by atoms with Crippen LogP contribution in [0.3, 0.4) is 0 Å². The number of ether oxygens (including phenoxy) is 1. The first-order valence-electron chi connectivity index (χ1n) is 12.7. The van der Waals surface area contributed by atoms with E-state index < -0.39 is 39.6 Å². The first-order valence-corrected chi connectivity index (χ1v) is 15.6. The lowest BCUT2D eigenvalue weighted by molar-refractivity contribution is -0.139. The van der Waals surface area contributed by atoms with Gasteiger partial charge < -0.3 is 19.7 Å². The number of imidazole rings is 1. The molecule has 0 fully saturated rings. The molecule has 2 unspecified atom stereocenters. The molecule has 0 radical (unpaired) electrons. The second-order valence-corrected chi connectivity index (χ2v) is 12.7. The van der Waals surface area contributed by atoms with Crippen LogP contribution in [0.1, 0.15) is 39.0 Å². The minimum atomic E-state index is -3.44. The van der Waals surface area contributed by atoms with Gasteiger partial charge in [-0.25, -0.2) is 27.6 Å². The molecule has 0 spiro atoms. The summed E-state index contributed by atoms with van der Waals surface area (Å²) in [6, 6.07) is 9.63. The molecule has 2 aromatic carbocycles. The van der Waals surface area contributed by atoms with Crippen LogP contribution in [-0.4, -0.2) is 58.0 Å². The first kappa shape index (κ1) is 29.9. The summed E-state index contributed by atoms with van der Waals surface area (Å²) in [6.45, 7) is 0.411. The van der Waals surface area contributed by atoms with Crippen molar-refractivity contribution in [3.63, 3.8) is 0 Å². The fraction of sp³-hybridized carbons (Fsp3) is 0.286. The zero-order valence-electron chi connectivity index (χ0n) is 22.1. The summed E-state index contributed by atoms with van der Waals surface area (Å²) in [6.07, 6.45) is 7.91. The third-order valence-electron chi connectivity index (χ3n) is 6.24. The molecule has 0 aliphatic heterocycles. The van der Waals surface area contributed by atoms with Crippen molar-refractivity contribution < 1.29 is 32.2 Å². The van der Waals surface area contributed by atoms with E-state index in [9.17, 15) is 27.5 Å². The van der Waals surface area contributed by atoms with E-state index in [0.29, 0.717) is 30.7 Å². The van der Waals surface area contributed by atoms with E-state index in [-0.39, 0.29) is 17.8 Å². The largest absolute Gasteiger partial charge is 0.481 e. The van der Waals surface area contributed by atoms with Crippen LogP contribution in [0.25, 0.3) is 0 Å². The molecule has 4 rings (SSSR count). The van der Waals surface area contributed by atoms with Gasteiger partial charge in [-0.3, -0.25) is 4.79 Å². The van der Waals surface area contributed by atoms with Crippen LogP contribution in [0.15, 0.2) is 72.8 Å². The minimum Gasteiger partial charge on any atom is -0.481 e. The summed E-state index contributed by atoms with van der Waals surface area (Å²) in [5.41, 5.74) is 1.67. The van der Waals surface area contributed by atoms with Gasteiger partial charge in [0.05, 0.1) is 18.6 Å². The molecule has 10 nitrogen and oxygen atoms in total. The SMILES string of the molecule is CS(=O)(=O)CCC(NC(=O)c1cc(OC(Cn2ccnc2)c2nccs2)ccc1CCc1ccc(F)cc1)C(=O)O. The van der Waals surface area contributed by atoms with Crippen molar-refractivity contribution >= 4 is 33.1 Å². The summed E-state index contributed by atoms with van der Waals surface area (Å²) in [5.74, 6) is -2.40. The number of aromatic nitrogens is 3. The second kappa shape index (κ2) is 13.5. The van der Waals surface area contributed by atoms with Gasteiger partial charge in [-0.2, -0.15) is 0 Å². The number of hydrogen-bond donors (Lipinski definition) is 2. The molecular formula is C28H29FN4O6S2. The third-order valence-corrected chi connectivity index (χ3v) is 8.09. The molecule has 216 valence electrons. The van der Waals surface area contributed by atoms with Crippen molar-refractivity contribution in [3.8, 4) is 5.75 Å². The van der Waals surface area contributed by atoms with Crippen LogP contribution in [-0.2, 0) is 34.0 Å². The van der Waals surface area contributed by atoms with E-state index in [4.69, 9.17) is 4.74 Å². The summed E-state index contributed by atoms with van der Waals surface area (Å²) in [4.78, 5) is 33.7. The van der Waals surface area contributed by atoms with Gasteiger partial charge in [-0.1, -0.05) is 18.2 Å². The van der Waals surface area contributed by atoms with Crippen molar-refractivity contribution in [2.24, 2.45) is 0 Å². The fourth-order valence-corrected chi connectivity index (χ4v) is 5.44. The zero-order chi connectivity index (χ0) is 29.4. The highest BCUT2D eigenvalue weighted by atomic mass is 32.2. The number of carbonyl (C=O) groups excluding carboxylic acids is 1. The topological polar surface area (TPSA) is 140 Å². The van der Waals surface area contributed by atoms with Crippen LogP contribution in [0.5, 0.6) is 5.75 Å². The minimum absolute atomic E-state index is 0.190. The molecule has 2 heterocycles. The van der Waals surface area contributed by atoms with Crippen molar-refractivity contribution in [1.29, 1.82) is 0 Å². The van der Waals surface area contributed by atoms with Gasteiger partial charge in [0.2, 0.25) is 0 Å². The highest BCUT2D eigenvalue weighted by Crippen LogP contribution is 2.28. The number of amides is 1. The summed E-state index contributed by atoms with van der Waals surface area (Å²) in [5, 5.41) is 14.7. The number of thiazole rings is 1. The maximum Gasteiger partial charge on any atom is 0.326 e. The van der Waals surface area contributed by atoms with Crippen molar-refractivity contribution in [2.75, 3.05) is 12.0 Å². The van der Waals surface area contributed by atoms with E-state index in [1.54, 1.807) is 55.2 Å². The number of carboxylic acids is 1. The third kappa shape index (κ3) is 8.95. The van der Waals surface area contributed by atoms with Gasteiger partial charge in [-0.05, 0) is 54.7 Å². The summed E-state index contributed by atoms with van der Waals surface area (Å²) in [7, 11) is -3.44. The van der Waals surface area contributed by atoms with Gasteiger partial charge in [0, 0.05) is 35.8 Å². The van der Waals surface area contributed by atoms with Gasteiger partial charge >= 0.3 is 5.97 Å². The molecule has 4 aromatic rings. The zero-order valence-corrected chi connectivity index (χ0v) is 23.8. The molecule has 2 atom stereocenters. The molecular weight excluding hydrogens is 571 g/mol. The van der Waals surface area contributed by atoms with Gasteiger partial charge in [0.1, 0.15) is 32.5 Å². The summed E-state index contributed by atoms with van der Waals surface area (Å²) < 4.78 is 44.7. The van der Waals surface area contributed by atoms with E-state index in [0.717, 1.165) is 16.8 Å². The molecule has 0 saturated heterocycles. The Morgan fingerprint density at radius 2 is 1.93 bits per heavy atom. The number of halogens is 1. The number of aliphatic carboxylic acids is 1. The number of sulfone groups is 1. The second-order valence-electron chi connectivity index (χ2n) is 9.46. The highest BCUT2D eigenvalue weighted by Gasteiger charge is 2.25. The molecule has 2 N–H and O–H groups in total. The number of benzene rings is 2. The molecule has 0 aliphatic rings. The lowest BCUT2D eigenvalue weighted by Gasteiger charge is -2.20. The number of carbonyl (C=O) groups is 2. The molecule has 13 heteroatoms. The number of nitrogens with zero attached hydrogens (tertiary/aromatic N) is 3. The Balaban J connectivity index is 1.61. The van der Waals surface area contributed by atoms with Crippen molar-refractivity contribution in [3.05, 3.63) is 100 Å². The highest BCUT2D eigenvalue weighted by molar-refractivity contribution is 7.90. The number of nitrogens with one attached hydrogen (secondary N) is 1. The van der Waals surface area contributed by atoms with Crippen LogP contribution in [0.4, 0.5) is 4.39 Å². The molecule has 0 saturated carbocycles. The monoisotopic (exact) mass is 600 g/mol. The van der Waals surface area contributed by atoms with E-state index in [2.05, 4.69) is 15.3 Å². The lowest BCUT2D eigenvalue weighted by atomic mass is 9.98. The number of rotatable bonds is 14. The predicted octanol–water partition coefficient (Wildman–Crippen LogP) is 3.70. The van der Waals surface area contributed by atoms with E-state index in [1.165, 1.54) is 23.5 Å². The Kier molecular flexibility index (Phi) is 9.84. The molecule has 0 aliphatic carbocycles. The van der Waals surface area contributed by atoms with E-state index >= 15 is 0 Å². The van der Waals surface area contributed by atoms with E-state index in [1.807, 2.05) is 9.95 Å². The quantitative estimate of drug-likeness (QED) is 0.223. The molecule has 0 bridgehead atoms. The van der Waals surface area contributed by atoms with Gasteiger partial charge in [0.25, 0.3) is 5.91 Å². The molecule has 41 heavy (non-hydrogen) atoms. The number of aryl methyl sites for hydroxylation is 2. The average Bonchev–Trinajstić information content (AvgIpc) is 3.65.